The Morgan fingerprint density at radius 2 is 1.95 bits per heavy atom. The van der Waals surface area contributed by atoms with E-state index in [1.54, 1.807) is 12.1 Å². The van der Waals surface area contributed by atoms with Gasteiger partial charge >= 0.3 is 0 Å². The van der Waals surface area contributed by atoms with Crippen LogP contribution in [0.4, 0.5) is 4.39 Å². The Hall–Kier alpha value is -2.62. The van der Waals surface area contributed by atoms with Crippen LogP contribution in [0.2, 0.25) is 0 Å². The number of benzene rings is 1. The topological polar surface area (TPSA) is 33.5 Å². The van der Waals surface area contributed by atoms with Crippen LogP contribution in [0, 0.1) is 5.82 Å². The number of carbonyl (C=O) groups excluding carboxylic acids is 1. The molecule has 0 bridgehead atoms. The van der Waals surface area contributed by atoms with Crippen LogP contribution in [-0.2, 0) is 6.42 Å². The molecule has 0 fully saturated rings. The number of nitrogens with zero attached hydrogens (tertiary/aromatic N) is 1. The van der Waals surface area contributed by atoms with Gasteiger partial charge < -0.3 is 9.72 Å². The highest BCUT2D eigenvalue weighted by Gasteiger charge is 2.07. The molecule has 2 aromatic heterocycles. The lowest BCUT2D eigenvalue weighted by Crippen LogP contribution is -2.25. The van der Waals surface area contributed by atoms with Crippen molar-refractivity contribution >= 4 is 11.4 Å². The second-order valence-corrected chi connectivity index (χ2v) is 4.89. The molecule has 2 heterocycles. The highest BCUT2D eigenvalue weighted by molar-refractivity contribution is 5.95. The van der Waals surface area contributed by atoms with E-state index in [1.807, 2.05) is 41.1 Å². The Balaban J connectivity index is 1.60. The molecule has 0 saturated heterocycles. The smallest absolute Gasteiger partial charge is 0.252 e. The number of nitrogens with one attached hydrogen (secondary N) is 1. The molecular weight excluding hydrogens is 267 g/mol. The molecule has 1 aromatic carbocycles. The van der Waals surface area contributed by atoms with E-state index in [1.165, 1.54) is 12.1 Å². The Morgan fingerprint density at radius 3 is 2.71 bits per heavy atom. The number of hydrogen-bond acceptors (Lipinski definition) is 1. The van der Waals surface area contributed by atoms with Crippen molar-refractivity contribution < 1.29 is 9.18 Å². The summed E-state index contributed by atoms with van der Waals surface area (Å²) in [6, 6.07) is 14.0. The predicted molar refractivity (Wildman–Crippen MR) is 79.8 cm³/mol. The number of carbonyl (C=O) groups is 1. The third-order valence-electron chi connectivity index (χ3n) is 3.38. The van der Waals surface area contributed by atoms with Crippen molar-refractivity contribution in [1.82, 2.24) is 9.72 Å². The van der Waals surface area contributed by atoms with Crippen LogP contribution in [0.15, 0.2) is 60.9 Å². The maximum Gasteiger partial charge on any atom is 0.252 e. The normalized spacial score (nSPS) is 10.7. The summed E-state index contributed by atoms with van der Waals surface area (Å²) in [4.78, 5) is 12.1. The first kappa shape index (κ1) is 13.4. The van der Waals surface area contributed by atoms with Gasteiger partial charge in [-0.25, -0.2) is 4.39 Å². The minimum absolute atomic E-state index is 0.0965. The fraction of sp³-hybridized carbons (Fsp3) is 0.118. The molecule has 0 aliphatic rings. The summed E-state index contributed by atoms with van der Waals surface area (Å²) in [5, 5.41) is 2.88. The van der Waals surface area contributed by atoms with Crippen molar-refractivity contribution in [3.8, 4) is 0 Å². The van der Waals surface area contributed by atoms with Crippen molar-refractivity contribution in [1.29, 1.82) is 0 Å². The number of amides is 1. The summed E-state index contributed by atoms with van der Waals surface area (Å²) < 4.78 is 14.7. The lowest BCUT2D eigenvalue weighted by Gasteiger charge is -2.04. The summed E-state index contributed by atoms with van der Waals surface area (Å²) in [5.74, 6) is -0.343. The number of rotatable bonds is 4. The number of aromatic nitrogens is 1. The van der Waals surface area contributed by atoms with E-state index in [-0.39, 0.29) is 11.7 Å². The van der Waals surface area contributed by atoms with Gasteiger partial charge in [-0.3, -0.25) is 4.79 Å². The summed E-state index contributed by atoms with van der Waals surface area (Å²) in [7, 11) is 0. The van der Waals surface area contributed by atoms with Crippen LogP contribution < -0.4 is 5.32 Å². The van der Waals surface area contributed by atoms with E-state index in [0.717, 1.165) is 11.1 Å². The molecule has 0 spiro atoms. The van der Waals surface area contributed by atoms with Crippen molar-refractivity contribution in [2.75, 3.05) is 6.54 Å². The second kappa shape index (κ2) is 5.79. The Morgan fingerprint density at radius 1 is 1.14 bits per heavy atom. The average Bonchev–Trinajstić information content (AvgIpc) is 2.93. The maximum absolute atomic E-state index is 12.8. The first-order chi connectivity index (χ1) is 10.2. The third kappa shape index (κ3) is 3.11. The van der Waals surface area contributed by atoms with Gasteiger partial charge in [-0.15, -0.1) is 0 Å². The Kier molecular flexibility index (Phi) is 3.69. The highest BCUT2D eigenvalue weighted by Crippen LogP contribution is 2.09. The first-order valence-corrected chi connectivity index (χ1v) is 6.82. The fourth-order valence-electron chi connectivity index (χ4n) is 2.25. The SMILES string of the molecule is O=C(NCCc1ccc(F)cc1)c1cc2ccccn2c1. The van der Waals surface area contributed by atoms with Gasteiger partial charge in [0.2, 0.25) is 0 Å². The zero-order valence-electron chi connectivity index (χ0n) is 11.4. The Bertz CT molecular complexity index is 729. The van der Waals surface area contributed by atoms with E-state index >= 15 is 0 Å². The van der Waals surface area contributed by atoms with Gasteiger partial charge in [0, 0.05) is 24.5 Å². The summed E-state index contributed by atoms with van der Waals surface area (Å²) >= 11 is 0. The lowest BCUT2D eigenvalue weighted by atomic mass is 10.1. The first-order valence-electron chi connectivity index (χ1n) is 6.82. The molecule has 3 nitrogen and oxygen atoms in total. The molecule has 4 heteroatoms. The quantitative estimate of drug-likeness (QED) is 0.784. The van der Waals surface area contributed by atoms with Gasteiger partial charge in [0.15, 0.2) is 0 Å². The molecule has 1 N–H and O–H groups in total. The molecule has 0 aliphatic heterocycles. The van der Waals surface area contributed by atoms with Crippen LogP contribution in [0.3, 0.4) is 0 Å². The minimum atomic E-state index is -0.247. The zero-order valence-corrected chi connectivity index (χ0v) is 11.4. The molecule has 0 atom stereocenters. The molecule has 0 radical (unpaired) electrons. The predicted octanol–water partition coefficient (Wildman–Crippen LogP) is 3.05. The number of hydrogen-bond donors (Lipinski definition) is 1. The zero-order chi connectivity index (χ0) is 14.7. The van der Waals surface area contributed by atoms with E-state index < -0.39 is 0 Å². The molecule has 3 rings (SSSR count). The summed E-state index contributed by atoms with van der Waals surface area (Å²) in [6.45, 7) is 0.524. The van der Waals surface area contributed by atoms with Gasteiger partial charge in [-0.05, 0) is 42.3 Å². The minimum Gasteiger partial charge on any atom is -0.352 e. The van der Waals surface area contributed by atoms with Crippen LogP contribution in [-0.4, -0.2) is 16.9 Å². The van der Waals surface area contributed by atoms with Gasteiger partial charge in [0.25, 0.3) is 5.91 Å². The van der Waals surface area contributed by atoms with Crippen LogP contribution in [0.25, 0.3) is 5.52 Å². The van der Waals surface area contributed by atoms with Crippen molar-refractivity contribution in [3.63, 3.8) is 0 Å². The van der Waals surface area contributed by atoms with E-state index in [4.69, 9.17) is 0 Å². The molecule has 0 aliphatic carbocycles. The van der Waals surface area contributed by atoms with Crippen molar-refractivity contribution in [3.05, 3.63) is 77.9 Å². The molecular formula is C17H15FN2O. The molecule has 21 heavy (non-hydrogen) atoms. The van der Waals surface area contributed by atoms with Gasteiger partial charge in [0.05, 0.1) is 5.56 Å². The van der Waals surface area contributed by atoms with Crippen LogP contribution in [0.5, 0.6) is 0 Å². The largest absolute Gasteiger partial charge is 0.352 e. The molecule has 0 unspecified atom stereocenters. The number of pyridine rings is 1. The standard InChI is InChI=1S/C17H15FN2O/c18-15-6-4-13(5-7-15)8-9-19-17(21)14-11-16-3-1-2-10-20(16)12-14/h1-7,10-12H,8-9H2,(H,19,21). The van der Waals surface area contributed by atoms with Crippen molar-refractivity contribution in [2.24, 2.45) is 0 Å². The Labute approximate surface area is 122 Å². The fourth-order valence-corrected chi connectivity index (χ4v) is 2.25. The molecule has 0 saturated carbocycles. The van der Waals surface area contributed by atoms with Crippen LogP contribution >= 0.6 is 0 Å². The summed E-state index contributed by atoms with van der Waals surface area (Å²) in [5.41, 5.74) is 2.63. The average molecular weight is 282 g/mol. The lowest BCUT2D eigenvalue weighted by molar-refractivity contribution is 0.0954. The number of halogens is 1. The third-order valence-corrected chi connectivity index (χ3v) is 3.38. The number of fused-ring (bicyclic) bond motifs is 1. The maximum atomic E-state index is 12.8. The van der Waals surface area contributed by atoms with E-state index in [2.05, 4.69) is 5.32 Å². The molecule has 1 amide bonds. The van der Waals surface area contributed by atoms with E-state index in [0.29, 0.717) is 18.5 Å². The summed E-state index contributed by atoms with van der Waals surface area (Å²) in [6.07, 6.45) is 4.40. The van der Waals surface area contributed by atoms with Crippen LogP contribution in [0.1, 0.15) is 15.9 Å². The van der Waals surface area contributed by atoms with Gasteiger partial charge in [0.1, 0.15) is 5.82 Å². The second-order valence-electron chi connectivity index (χ2n) is 4.89. The van der Waals surface area contributed by atoms with Crippen molar-refractivity contribution in [2.45, 2.75) is 6.42 Å². The molecule has 3 aromatic rings. The van der Waals surface area contributed by atoms with Gasteiger partial charge in [-0.1, -0.05) is 18.2 Å². The van der Waals surface area contributed by atoms with Gasteiger partial charge in [-0.2, -0.15) is 0 Å². The molecule has 106 valence electrons. The monoisotopic (exact) mass is 282 g/mol. The highest BCUT2D eigenvalue weighted by atomic mass is 19.1. The van der Waals surface area contributed by atoms with E-state index in [9.17, 15) is 9.18 Å².